The molecule has 0 spiro atoms. The van der Waals surface area contributed by atoms with Crippen molar-refractivity contribution in [2.45, 2.75) is 39.2 Å². The second-order valence-corrected chi connectivity index (χ2v) is 3.26. The molecule has 2 amide bonds. The van der Waals surface area contributed by atoms with Gasteiger partial charge in [0.1, 0.15) is 6.04 Å². The van der Waals surface area contributed by atoms with Gasteiger partial charge in [-0.2, -0.15) is 0 Å². The lowest BCUT2D eigenvalue weighted by molar-refractivity contribution is -0.139. The van der Waals surface area contributed by atoms with Crippen LogP contribution in [0.15, 0.2) is 0 Å². The standard InChI is InChI=1S/C11H18N2O3/c1-3-5-6-8-12-11(16)13-9(7-4-2)10(14)15/h9H,4,6-8H2,1-2H3,(H,14,15)(H2,12,13,16). The third-order valence-electron chi connectivity index (χ3n) is 1.89. The lowest BCUT2D eigenvalue weighted by atomic mass is 10.2. The summed E-state index contributed by atoms with van der Waals surface area (Å²) in [5, 5.41) is 13.7. The van der Waals surface area contributed by atoms with Crippen LogP contribution in [0.2, 0.25) is 0 Å². The minimum atomic E-state index is -1.01. The molecule has 0 aromatic carbocycles. The number of carbonyl (C=O) groups excluding carboxylic acids is 1. The molecule has 0 aliphatic carbocycles. The van der Waals surface area contributed by atoms with Gasteiger partial charge in [0.05, 0.1) is 0 Å². The minimum absolute atomic E-state index is 0.422. The molecular weight excluding hydrogens is 208 g/mol. The topological polar surface area (TPSA) is 78.4 Å². The van der Waals surface area contributed by atoms with Gasteiger partial charge in [-0.25, -0.2) is 9.59 Å². The Hall–Kier alpha value is -1.70. The van der Waals surface area contributed by atoms with Gasteiger partial charge in [0, 0.05) is 13.0 Å². The summed E-state index contributed by atoms with van der Waals surface area (Å²) in [7, 11) is 0. The molecule has 0 bridgehead atoms. The SMILES string of the molecule is CC#CCCNC(=O)NC(CCC)C(=O)O. The van der Waals surface area contributed by atoms with Crippen molar-refractivity contribution < 1.29 is 14.7 Å². The van der Waals surface area contributed by atoms with Crippen LogP contribution in [0.1, 0.15) is 33.1 Å². The smallest absolute Gasteiger partial charge is 0.326 e. The van der Waals surface area contributed by atoms with Crippen LogP contribution in [-0.2, 0) is 4.79 Å². The lowest BCUT2D eigenvalue weighted by Gasteiger charge is -2.13. The number of hydrogen-bond acceptors (Lipinski definition) is 2. The average molecular weight is 226 g/mol. The highest BCUT2D eigenvalue weighted by Gasteiger charge is 2.17. The summed E-state index contributed by atoms with van der Waals surface area (Å²) in [6.07, 6.45) is 1.70. The van der Waals surface area contributed by atoms with Crippen molar-refractivity contribution in [2.24, 2.45) is 0 Å². The van der Waals surface area contributed by atoms with E-state index in [0.717, 1.165) is 0 Å². The zero-order valence-corrected chi connectivity index (χ0v) is 9.67. The van der Waals surface area contributed by atoms with Gasteiger partial charge < -0.3 is 15.7 Å². The van der Waals surface area contributed by atoms with Crippen LogP contribution >= 0.6 is 0 Å². The number of carboxylic acids is 1. The largest absolute Gasteiger partial charge is 0.480 e. The van der Waals surface area contributed by atoms with E-state index in [4.69, 9.17) is 5.11 Å². The fraction of sp³-hybridized carbons (Fsp3) is 0.636. The van der Waals surface area contributed by atoms with Crippen molar-refractivity contribution in [1.82, 2.24) is 10.6 Å². The predicted octanol–water partition coefficient (Wildman–Crippen LogP) is 0.952. The number of amides is 2. The van der Waals surface area contributed by atoms with Crippen LogP contribution in [0.3, 0.4) is 0 Å². The van der Waals surface area contributed by atoms with E-state index in [1.165, 1.54) is 0 Å². The molecule has 5 heteroatoms. The summed E-state index contributed by atoms with van der Waals surface area (Å²) in [4.78, 5) is 22.0. The molecule has 90 valence electrons. The van der Waals surface area contributed by atoms with Gasteiger partial charge in [-0.3, -0.25) is 0 Å². The van der Waals surface area contributed by atoms with Crippen LogP contribution < -0.4 is 10.6 Å². The molecule has 5 nitrogen and oxygen atoms in total. The fourth-order valence-electron chi connectivity index (χ4n) is 1.12. The molecule has 0 heterocycles. The first kappa shape index (κ1) is 14.3. The molecule has 16 heavy (non-hydrogen) atoms. The van der Waals surface area contributed by atoms with Gasteiger partial charge >= 0.3 is 12.0 Å². The summed E-state index contributed by atoms with van der Waals surface area (Å²) in [5.74, 6) is 4.49. The Morgan fingerprint density at radius 2 is 2.12 bits per heavy atom. The molecule has 1 atom stereocenters. The van der Waals surface area contributed by atoms with Crippen molar-refractivity contribution in [1.29, 1.82) is 0 Å². The zero-order chi connectivity index (χ0) is 12.4. The highest BCUT2D eigenvalue weighted by Crippen LogP contribution is 1.96. The third-order valence-corrected chi connectivity index (χ3v) is 1.89. The Bertz CT molecular complexity index is 291. The average Bonchev–Trinajstić information content (AvgIpc) is 2.23. The first-order chi connectivity index (χ1) is 7.61. The number of rotatable bonds is 6. The highest BCUT2D eigenvalue weighted by molar-refractivity contribution is 5.82. The molecule has 0 aliphatic rings. The molecule has 0 radical (unpaired) electrons. The number of carboxylic acid groups (broad SMARTS) is 1. The summed E-state index contributed by atoms with van der Waals surface area (Å²) in [6.45, 7) is 4.01. The number of urea groups is 1. The third kappa shape index (κ3) is 6.71. The van der Waals surface area contributed by atoms with E-state index >= 15 is 0 Å². The van der Waals surface area contributed by atoms with E-state index in [1.807, 2.05) is 6.92 Å². The zero-order valence-electron chi connectivity index (χ0n) is 9.67. The first-order valence-corrected chi connectivity index (χ1v) is 5.28. The van der Waals surface area contributed by atoms with E-state index in [2.05, 4.69) is 22.5 Å². The number of nitrogens with one attached hydrogen (secondary N) is 2. The van der Waals surface area contributed by atoms with Gasteiger partial charge in [-0.05, 0) is 13.3 Å². The van der Waals surface area contributed by atoms with Crippen molar-refractivity contribution in [3.05, 3.63) is 0 Å². The molecular formula is C11H18N2O3. The number of aliphatic carboxylic acids is 1. The Labute approximate surface area is 95.6 Å². The van der Waals surface area contributed by atoms with Crippen molar-refractivity contribution in [2.75, 3.05) is 6.54 Å². The van der Waals surface area contributed by atoms with Gasteiger partial charge in [0.25, 0.3) is 0 Å². The summed E-state index contributed by atoms with van der Waals surface area (Å²) < 4.78 is 0. The van der Waals surface area contributed by atoms with Gasteiger partial charge in [-0.1, -0.05) is 13.3 Å². The Balaban J connectivity index is 3.89. The quantitative estimate of drug-likeness (QED) is 0.466. The van der Waals surface area contributed by atoms with Crippen LogP contribution in [-0.4, -0.2) is 29.7 Å². The summed E-state index contributed by atoms with van der Waals surface area (Å²) >= 11 is 0. The van der Waals surface area contributed by atoms with Gasteiger partial charge in [0.15, 0.2) is 0 Å². The molecule has 0 aromatic heterocycles. The maximum absolute atomic E-state index is 11.3. The monoisotopic (exact) mass is 226 g/mol. The van der Waals surface area contributed by atoms with E-state index in [-0.39, 0.29) is 0 Å². The first-order valence-electron chi connectivity index (χ1n) is 5.28. The van der Waals surface area contributed by atoms with Gasteiger partial charge in [-0.15, -0.1) is 11.8 Å². The Morgan fingerprint density at radius 1 is 1.44 bits per heavy atom. The number of hydrogen-bond donors (Lipinski definition) is 3. The number of carbonyl (C=O) groups is 2. The van der Waals surface area contributed by atoms with E-state index in [1.54, 1.807) is 6.92 Å². The van der Waals surface area contributed by atoms with E-state index < -0.39 is 18.0 Å². The maximum Gasteiger partial charge on any atom is 0.326 e. The van der Waals surface area contributed by atoms with Crippen molar-refractivity contribution >= 4 is 12.0 Å². The lowest BCUT2D eigenvalue weighted by Crippen LogP contribution is -2.46. The van der Waals surface area contributed by atoms with Crippen LogP contribution in [0.4, 0.5) is 4.79 Å². The second-order valence-electron chi connectivity index (χ2n) is 3.26. The molecule has 3 N–H and O–H groups in total. The second kappa shape index (κ2) is 8.60. The van der Waals surface area contributed by atoms with E-state index in [0.29, 0.717) is 25.8 Å². The molecule has 1 unspecified atom stereocenters. The molecule has 0 aliphatic heterocycles. The van der Waals surface area contributed by atoms with Crippen LogP contribution in [0.5, 0.6) is 0 Å². The van der Waals surface area contributed by atoms with Crippen LogP contribution in [0.25, 0.3) is 0 Å². The summed E-state index contributed by atoms with van der Waals surface area (Å²) in [5.41, 5.74) is 0. The molecule has 0 saturated heterocycles. The molecule has 0 saturated carbocycles. The predicted molar refractivity (Wildman–Crippen MR) is 60.9 cm³/mol. The minimum Gasteiger partial charge on any atom is -0.480 e. The Kier molecular flexibility index (Phi) is 7.68. The van der Waals surface area contributed by atoms with Crippen molar-refractivity contribution in [3.8, 4) is 11.8 Å². The Morgan fingerprint density at radius 3 is 2.62 bits per heavy atom. The highest BCUT2D eigenvalue weighted by atomic mass is 16.4. The summed E-state index contributed by atoms with van der Waals surface area (Å²) in [6, 6.07) is -1.28. The van der Waals surface area contributed by atoms with Crippen LogP contribution in [0, 0.1) is 11.8 Å². The molecule has 0 rings (SSSR count). The molecule has 0 fully saturated rings. The maximum atomic E-state index is 11.3. The molecule has 0 aromatic rings. The van der Waals surface area contributed by atoms with Gasteiger partial charge in [0.2, 0.25) is 0 Å². The van der Waals surface area contributed by atoms with E-state index in [9.17, 15) is 9.59 Å². The normalized spacial score (nSPS) is 10.9. The van der Waals surface area contributed by atoms with Crippen molar-refractivity contribution in [3.63, 3.8) is 0 Å². The fourth-order valence-corrected chi connectivity index (χ4v) is 1.12.